The number of anilines is 2. The van der Waals surface area contributed by atoms with Crippen molar-refractivity contribution in [1.82, 2.24) is 19.9 Å². The maximum absolute atomic E-state index is 13.7. The van der Waals surface area contributed by atoms with Crippen LogP contribution >= 0.6 is 0 Å². The lowest BCUT2D eigenvalue weighted by atomic mass is 9.94. The summed E-state index contributed by atoms with van der Waals surface area (Å²) in [5.74, 6) is 0.903. The lowest BCUT2D eigenvalue weighted by Gasteiger charge is -2.30. The highest BCUT2D eigenvalue weighted by Gasteiger charge is 2.37. The molecule has 7 heteroatoms. The van der Waals surface area contributed by atoms with E-state index in [4.69, 9.17) is 9.97 Å². The minimum Gasteiger partial charge on any atom is -0.340 e. The van der Waals surface area contributed by atoms with Crippen molar-refractivity contribution in [2.45, 2.75) is 39.7 Å². The first-order chi connectivity index (χ1) is 14.8. The summed E-state index contributed by atoms with van der Waals surface area (Å²) in [6.07, 6.45) is 5.13. The summed E-state index contributed by atoms with van der Waals surface area (Å²) in [5.41, 5.74) is 1.74. The molecule has 1 aliphatic rings. The van der Waals surface area contributed by atoms with Crippen LogP contribution in [0.2, 0.25) is 0 Å². The molecule has 1 N–H and O–H groups in total. The lowest BCUT2D eigenvalue weighted by Crippen LogP contribution is -2.39. The maximum Gasteiger partial charge on any atom is 0.228 e. The molecule has 3 aromatic rings. The van der Waals surface area contributed by atoms with Crippen LogP contribution in [0.5, 0.6) is 0 Å². The number of rotatable bonds is 4. The average molecular weight is 420 g/mol. The molecule has 0 unspecified atom stereocenters. The Bertz CT molecular complexity index is 1080. The van der Waals surface area contributed by atoms with Gasteiger partial charge in [-0.25, -0.2) is 14.4 Å². The molecule has 1 amide bonds. The zero-order chi connectivity index (χ0) is 22.0. The van der Waals surface area contributed by atoms with Gasteiger partial charge in [-0.2, -0.15) is 0 Å². The highest BCUT2D eigenvalue weighted by molar-refractivity contribution is 5.82. The van der Waals surface area contributed by atoms with Gasteiger partial charge in [0.05, 0.1) is 11.7 Å². The standard InChI is InChI=1S/C24H26FN5O/c1-24(2,3)23(31)30-13-5-8-20(30)22-28-19(16-9-11-26-12-10-16)15-21(29-22)27-18-7-4-6-17(25)14-18/h4,6-7,9-12,14-15,20H,5,8,13H2,1-3H3,(H,27,28,29)/t20-/m0/s1. The third kappa shape index (κ3) is 4.71. The first kappa shape index (κ1) is 20.9. The first-order valence-corrected chi connectivity index (χ1v) is 10.4. The molecule has 1 saturated heterocycles. The number of carbonyl (C=O) groups excluding carboxylic acids is 1. The average Bonchev–Trinajstić information content (AvgIpc) is 3.23. The number of hydrogen-bond donors (Lipinski definition) is 1. The number of benzene rings is 1. The number of amides is 1. The summed E-state index contributed by atoms with van der Waals surface area (Å²) in [7, 11) is 0. The fourth-order valence-electron chi connectivity index (χ4n) is 3.77. The summed E-state index contributed by atoms with van der Waals surface area (Å²) in [6.45, 7) is 6.47. The predicted molar refractivity (Wildman–Crippen MR) is 118 cm³/mol. The molecule has 1 atom stereocenters. The molecular weight excluding hydrogens is 393 g/mol. The van der Waals surface area contributed by atoms with Gasteiger partial charge < -0.3 is 10.2 Å². The molecule has 0 aliphatic carbocycles. The monoisotopic (exact) mass is 419 g/mol. The van der Waals surface area contributed by atoms with E-state index < -0.39 is 5.41 Å². The fraction of sp³-hybridized carbons (Fsp3) is 0.333. The van der Waals surface area contributed by atoms with Crippen LogP contribution < -0.4 is 5.32 Å². The van der Waals surface area contributed by atoms with Crippen molar-refractivity contribution < 1.29 is 9.18 Å². The van der Waals surface area contributed by atoms with Crippen LogP contribution in [0.25, 0.3) is 11.3 Å². The highest BCUT2D eigenvalue weighted by atomic mass is 19.1. The summed E-state index contributed by atoms with van der Waals surface area (Å²) >= 11 is 0. The van der Waals surface area contributed by atoms with E-state index in [1.54, 1.807) is 24.5 Å². The zero-order valence-corrected chi connectivity index (χ0v) is 18.0. The topological polar surface area (TPSA) is 71.0 Å². The number of halogens is 1. The van der Waals surface area contributed by atoms with Gasteiger partial charge in [-0.05, 0) is 43.2 Å². The molecule has 6 nitrogen and oxygen atoms in total. The molecule has 0 saturated carbocycles. The van der Waals surface area contributed by atoms with Gasteiger partial charge in [0.15, 0.2) is 5.82 Å². The van der Waals surface area contributed by atoms with Gasteiger partial charge in [-0.1, -0.05) is 26.8 Å². The molecule has 160 valence electrons. The Morgan fingerprint density at radius 2 is 1.90 bits per heavy atom. The van der Waals surface area contributed by atoms with Crippen molar-refractivity contribution in [3.05, 3.63) is 66.5 Å². The highest BCUT2D eigenvalue weighted by Crippen LogP contribution is 2.35. The molecule has 3 heterocycles. The molecule has 1 aliphatic heterocycles. The largest absolute Gasteiger partial charge is 0.340 e. The number of pyridine rings is 1. The number of carbonyl (C=O) groups is 1. The van der Waals surface area contributed by atoms with Crippen molar-refractivity contribution in [3.8, 4) is 11.3 Å². The summed E-state index contributed by atoms with van der Waals surface area (Å²) in [4.78, 5) is 28.5. The minimum atomic E-state index is -0.478. The number of nitrogens with one attached hydrogen (secondary N) is 1. The first-order valence-electron chi connectivity index (χ1n) is 10.4. The van der Waals surface area contributed by atoms with Gasteiger partial charge in [-0.15, -0.1) is 0 Å². The second kappa shape index (κ2) is 8.41. The van der Waals surface area contributed by atoms with Crippen molar-refractivity contribution in [3.63, 3.8) is 0 Å². The molecule has 1 fully saturated rings. The van der Waals surface area contributed by atoms with Crippen LogP contribution in [0.3, 0.4) is 0 Å². The second-order valence-electron chi connectivity index (χ2n) is 8.77. The second-order valence-corrected chi connectivity index (χ2v) is 8.77. The Hall–Kier alpha value is -3.35. The minimum absolute atomic E-state index is 0.0903. The van der Waals surface area contributed by atoms with Gasteiger partial charge in [0.1, 0.15) is 11.6 Å². The SMILES string of the molecule is CC(C)(C)C(=O)N1CCC[C@H]1c1nc(Nc2cccc(F)c2)cc(-c2ccncc2)n1. The van der Waals surface area contributed by atoms with Crippen molar-refractivity contribution in [2.75, 3.05) is 11.9 Å². The molecule has 2 aromatic heterocycles. The number of hydrogen-bond acceptors (Lipinski definition) is 5. The quantitative estimate of drug-likeness (QED) is 0.635. The number of aromatic nitrogens is 3. The van der Waals surface area contributed by atoms with E-state index in [0.29, 0.717) is 23.9 Å². The van der Waals surface area contributed by atoms with E-state index in [2.05, 4.69) is 10.3 Å². The van der Waals surface area contributed by atoms with E-state index >= 15 is 0 Å². The van der Waals surface area contributed by atoms with Gasteiger partial charge in [-0.3, -0.25) is 9.78 Å². The zero-order valence-electron chi connectivity index (χ0n) is 18.0. The molecule has 1 aromatic carbocycles. The van der Waals surface area contributed by atoms with Crippen LogP contribution in [0.1, 0.15) is 45.5 Å². The number of likely N-dealkylation sites (tertiary alicyclic amines) is 1. The lowest BCUT2D eigenvalue weighted by molar-refractivity contribution is -0.140. The van der Waals surface area contributed by atoms with E-state index in [-0.39, 0.29) is 17.8 Å². The molecule has 0 radical (unpaired) electrons. The Morgan fingerprint density at radius 1 is 1.13 bits per heavy atom. The van der Waals surface area contributed by atoms with E-state index in [0.717, 1.165) is 24.1 Å². The van der Waals surface area contributed by atoms with Crippen molar-refractivity contribution in [1.29, 1.82) is 0 Å². The summed E-state index contributed by atoms with van der Waals surface area (Å²) < 4.78 is 13.7. The predicted octanol–water partition coefficient (Wildman–Crippen LogP) is 5.13. The van der Waals surface area contributed by atoms with Crippen LogP contribution in [-0.2, 0) is 4.79 Å². The third-order valence-electron chi connectivity index (χ3n) is 5.27. The fourth-order valence-corrected chi connectivity index (χ4v) is 3.77. The summed E-state index contributed by atoms with van der Waals surface area (Å²) in [6, 6.07) is 11.6. The smallest absolute Gasteiger partial charge is 0.228 e. The van der Waals surface area contributed by atoms with Crippen molar-refractivity contribution >= 4 is 17.4 Å². The Kier molecular flexibility index (Phi) is 5.67. The molecule has 0 bridgehead atoms. The van der Waals surface area contributed by atoms with E-state index in [1.807, 2.05) is 43.9 Å². The van der Waals surface area contributed by atoms with E-state index in [1.165, 1.54) is 12.1 Å². The van der Waals surface area contributed by atoms with Gasteiger partial charge in [0, 0.05) is 41.7 Å². The normalized spacial score (nSPS) is 16.4. The third-order valence-corrected chi connectivity index (χ3v) is 5.27. The van der Waals surface area contributed by atoms with Crippen LogP contribution in [-0.4, -0.2) is 32.3 Å². The Balaban J connectivity index is 1.75. The Labute approximate surface area is 181 Å². The molecular formula is C24H26FN5O. The van der Waals surface area contributed by atoms with Gasteiger partial charge in [0.25, 0.3) is 0 Å². The molecule has 31 heavy (non-hydrogen) atoms. The van der Waals surface area contributed by atoms with Gasteiger partial charge >= 0.3 is 0 Å². The van der Waals surface area contributed by atoms with E-state index in [9.17, 15) is 9.18 Å². The van der Waals surface area contributed by atoms with Crippen LogP contribution in [0.15, 0.2) is 54.9 Å². The van der Waals surface area contributed by atoms with Crippen molar-refractivity contribution in [2.24, 2.45) is 5.41 Å². The molecule has 0 spiro atoms. The Morgan fingerprint density at radius 3 is 2.61 bits per heavy atom. The van der Waals surface area contributed by atoms with Gasteiger partial charge in [0.2, 0.25) is 5.91 Å². The van der Waals surface area contributed by atoms with Crippen LogP contribution in [0, 0.1) is 11.2 Å². The summed E-state index contributed by atoms with van der Waals surface area (Å²) in [5, 5.41) is 3.18. The molecule has 4 rings (SSSR count). The maximum atomic E-state index is 13.7. The van der Waals surface area contributed by atoms with Crippen LogP contribution in [0.4, 0.5) is 15.9 Å². The number of nitrogens with zero attached hydrogens (tertiary/aromatic N) is 4.